The second-order valence-electron chi connectivity index (χ2n) is 3.37. The number of rotatable bonds is 4. The summed E-state index contributed by atoms with van der Waals surface area (Å²) >= 11 is -0.422. The minimum atomic E-state index is -4.49. The molecule has 2 nitrogen and oxygen atoms in total. The molecule has 1 aromatic carbocycles. The first-order chi connectivity index (χ1) is 8.66. The number of thioether (sulfide) groups is 1. The molecule has 1 rings (SSSR count). The first kappa shape index (κ1) is 15.7. The summed E-state index contributed by atoms with van der Waals surface area (Å²) in [5, 5.41) is 0. The lowest BCUT2D eigenvalue weighted by molar-refractivity contribution is -0.173. The zero-order valence-electron chi connectivity index (χ0n) is 9.63. The topological polar surface area (TPSA) is 26.3 Å². The predicted molar refractivity (Wildman–Crippen MR) is 58.9 cm³/mol. The van der Waals surface area contributed by atoms with E-state index in [4.69, 9.17) is 0 Å². The van der Waals surface area contributed by atoms with Gasteiger partial charge in [0, 0.05) is 10.5 Å². The third-order valence-corrected chi connectivity index (χ3v) is 2.72. The van der Waals surface area contributed by atoms with Crippen LogP contribution in [0.3, 0.4) is 0 Å². The van der Waals surface area contributed by atoms with Crippen molar-refractivity contribution < 1.29 is 31.5 Å². The molecule has 0 aliphatic rings. The van der Waals surface area contributed by atoms with Gasteiger partial charge < -0.3 is 4.74 Å². The maximum Gasteiger partial charge on any atom is 0.446 e. The SMILES string of the molecule is CCOC(=O)C(F)(F)c1ccc(SC(F)(F)F)cc1. The van der Waals surface area contributed by atoms with Gasteiger partial charge in [-0.05, 0) is 30.8 Å². The highest BCUT2D eigenvalue weighted by molar-refractivity contribution is 8.00. The number of benzene rings is 1. The van der Waals surface area contributed by atoms with Gasteiger partial charge in [-0.2, -0.15) is 22.0 Å². The van der Waals surface area contributed by atoms with Gasteiger partial charge in [-0.3, -0.25) is 0 Å². The van der Waals surface area contributed by atoms with Gasteiger partial charge in [-0.25, -0.2) is 4.79 Å². The molecule has 0 aliphatic carbocycles. The summed E-state index contributed by atoms with van der Waals surface area (Å²) in [5.74, 6) is -5.61. The van der Waals surface area contributed by atoms with Crippen molar-refractivity contribution in [3.63, 3.8) is 0 Å². The molecule has 8 heteroatoms. The van der Waals surface area contributed by atoms with Crippen molar-refractivity contribution in [1.82, 2.24) is 0 Å². The fraction of sp³-hybridized carbons (Fsp3) is 0.364. The molecule has 0 amide bonds. The molecule has 0 unspecified atom stereocenters. The fourth-order valence-electron chi connectivity index (χ4n) is 1.21. The van der Waals surface area contributed by atoms with Crippen LogP contribution in [0.2, 0.25) is 0 Å². The van der Waals surface area contributed by atoms with Crippen LogP contribution in [0.5, 0.6) is 0 Å². The maximum absolute atomic E-state index is 13.5. The monoisotopic (exact) mass is 300 g/mol. The second kappa shape index (κ2) is 5.77. The normalized spacial score (nSPS) is 12.3. The predicted octanol–water partition coefficient (Wildman–Crippen LogP) is 3.95. The average Bonchev–Trinajstić information content (AvgIpc) is 2.27. The number of esters is 1. The van der Waals surface area contributed by atoms with Crippen molar-refractivity contribution in [2.75, 3.05) is 6.61 Å². The summed E-state index contributed by atoms with van der Waals surface area (Å²) in [6, 6.07) is 3.29. The van der Waals surface area contributed by atoms with Crippen LogP contribution in [0.4, 0.5) is 22.0 Å². The van der Waals surface area contributed by atoms with Gasteiger partial charge in [0.15, 0.2) is 0 Å². The second-order valence-corrected chi connectivity index (χ2v) is 4.51. The Balaban J connectivity index is 2.89. The van der Waals surface area contributed by atoms with E-state index >= 15 is 0 Å². The third kappa shape index (κ3) is 4.38. The van der Waals surface area contributed by atoms with Gasteiger partial charge >= 0.3 is 17.4 Å². The van der Waals surface area contributed by atoms with E-state index in [2.05, 4.69) is 4.74 Å². The summed E-state index contributed by atoms with van der Waals surface area (Å²) in [4.78, 5) is 10.8. The molecule has 0 saturated heterocycles. The summed E-state index contributed by atoms with van der Waals surface area (Å²) in [7, 11) is 0. The lowest BCUT2D eigenvalue weighted by Gasteiger charge is -2.15. The lowest BCUT2D eigenvalue weighted by atomic mass is 10.1. The van der Waals surface area contributed by atoms with Gasteiger partial charge in [-0.1, -0.05) is 12.1 Å². The molecule has 0 aliphatic heterocycles. The zero-order chi connectivity index (χ0) is 14.7. The number of ether oxygens (including phenoxy) is 1. The highest BCUT2D eigenvalue weighted by atomic mass is 32.2. The molecule has 0 N–H and O–H groups in total. The summed E-state index contributed by atoms with van der Waals surface area (Å²) in [6.07, 6.45) is 0. The Morgan fingerprint density at radius 3 is 2.11 bits per heavy atom. The van der Waals surface area contributed by atoms with Crippen LogP contribution in [0.15, 0.2) is 29.2 Å². The van der Waals surface area contributed by atoms with Crippen molar-refractivity contribution in [2.45, 2.75) is 23.3 Å². The fourth-order valence-corrected chi connectivity index (χ4v) is 1.74. The molecule has 106 valence electrons. The molecule has 0 fully saturated rings. The number of hydrogen-bond donors (Lipinski definition) is 0. The molecule has 0 bridgehead atoms. The van der Waals surface area contributed by atoms with Gasteiger partial charge in [0.2, 0.25) is 0 Å². The molecular formula is C11H9F5O2S. The van der Waals surface area contributed by atoms with Crippen LogP contribution in [-0.2, 0) is 15.5 Å². The zero-order valence-corrected chi connectivity index (χ0v) is 10.4. The van der Waals surface area contributed by atoms with Crippen LogP contribution in [0, 0.1) is 0 Å². The lowest BCUT2D eigenvalue weighted by Crippen LogP contribution is -2.28. The Morgan fingerprint density at radius 2 is 1.68 bits per heavy atom. The molecule has 0 radical (unpaired) electrons. The summed E-state index contributed by atoms with van der Waals surface area (Å²) in [6.45, 7) is 1.16. The molecule has 0 aromatic heterocycles. The minimum Gasteiger partial charge on any atom is -0.461 e. The molecule has 0 saturated carbocycles. The molecule has 0 atom stereocenters. The van der Waals surface area contributed by atoms with Crippen molar-refractivity contribution in [3.05, 3.63) is 29.8 Å². The highest BCUT2D eigenvalue weighted by Crippen LogP contribution is 2.38. The van der Waals surface area contributed by atoms with Crippen LogP contribution in [0.25, 0.3) is 0 Å². The first-order valence-corrected chi connectivity index (χ1v) is 5.90. The smallest absolute Gasteiger partial charge is 0.446 e. The largest absolute Gasteiger partial charge is 0.461 e. The van der Waals surface area contributed by atoms with E-state index in [1.165, 1.54) is 6.92 Å². The van der Waals surface area contributed by atoms with E-state index in [-0.39, 0.29) is 11.5 Å². The van der Waals surface area contributed by atoms with E-state index in [0.29, 0.717) is 0 Å². The number of carbonyl (C=O) groups is 1. The number of hydrogen-bond acceptors (Lipinski definition) is 3. The Morgan fingerprint density at radius 1 is 1.16 bits per heavy atom. The van der Waals surface area contributed by atoms with E-state index in [9.17, 15) is 26.7 Å². The van der Waals surface area contributed by atoms with Crippen molar-refractivity contribution in [3.8, 4) is 0 Å². The van der Waals surface area contributed by atoms with E-state index in [1.54, 1.807) is 0 Å². The quantitative estimate of drug-likeness (QED) is 0.478. The highest BCUT2D eigenvalue weighted by Gasteiger charge is 2.42. The van der Waals surface area contributed by atoms with E-state index in [0.717, 1.165) is 24.3 Å². The van der Waals surface area contributed by atoms with Gasteiger partial charge in [-0.15, -0.1) is 0 Å². The Bertz CT molecular complexity index is 441. The molecule has 0 spiro atoms. The molecule has 1 aromatic rings. The van der Waals surface area contributed by atoms with Gasteiger partial charge in [0.1, 0.15) is 0 Å². The van der Waals surface area contributed by atoms with Crippen LogP contribution < -0.4 is 0 Å². The standard InChI is InChI=1S/C11H9F5O2S/c1-2-18-9(17)10(12,13)7-3-5-8(6-4-7)19-11(14,15)16/h3-6H,2H2,1H3. The molecular weight excluding hydrogens is 291 g/mol. The average molecular weight is 300 g/mol. The van der Waals surface area contributed by atoms with Crippen molar-refractivity contribution >= 4 is 17.7 Å². The third-order valence-electron chi connectivity index (χ3n) is 1.98. The number of alkyl halides is 5. The number of halogens is 5. The minimum absolute atomic E-state index is 0.212. The van der Waals surface area contributed by atoms with Gasteiger partial charge in [0.05, 0.1) is 6.61 Å². The van der Waals surface area contributed by atoms with Gasteiger partial charge in [0.25, 0.3) is 0 Å². The molecule has 0 heterocycles. The first-order valence-electron chi connectivity index (χ1n) is 5.08. The summed E-state index contributed by atoms with van der Waals surface area (Å²) in [5.41, 5.74) is -5.21. The Hall–Kier alpha value is -1.31. The van der Waals surface area contributed by atoms with E-state index < -0.39 is 34.7 Å². The van der Waals surface area contributed by atoms with Crippen molar-refractivity contribution in [1.29, 1.82) is 0 Å². The summed E-state index contributed by atoms with van der Waals surface area (Å²) < 4.78 is 67.3. The van der Waals surface area contributed by atoms with Crippen LogP contribution in [0.1, 0.15) is 12.5 Å². The Kier molecular flexibility index (Phi) is 4.78. The number of carbonyl (C=O) groups excluding carboxylic acids is 1. The van der Waals surface area contributed by atoms with Crippen LogP contribution in [-0.4, -0.2) is 18.1 Å². The maximum atomic E-state index is 13.5. The van der Waals surface area contributed by atoms with Crippen LogP contribution >= 0.6 is 11.8 Å². The molecule has 19 heavy (non-hydrogen) atoms. The van der Waals surface area contributed by atoms with E-state index in [1.807, 2.05) is 0 Å². The van der Waals surface area contributed by atoms with Crippen molar-refractivity contribution in [2.24, 2.45) is 0 Å². The Labute approximate surface area is 109 Å².